The summed E-state index contributed by atoms with van der Waals surface area (Å²) in [5.41, 5.74) is 6.47. The van der Waals surface area contributed by atoms with Crippen LogP contribution in [0.15, 0.2) is 48.0 Å². The van der Waals surface area contributed by atoms with Crippen molar-refractivity contribution in [2.45, 2.75) is 20.8 Å². The SMILES string of the molecule is Br.CC(=O)c1cccc(Nc2nc(-c3c(C)nc4cc(C)ccn34)cs2)c1. The minimum absolute atomic E-state index is 0. The number of imidazole rings is 1. The topological polar surface area (TPSA) is 59.3 Å². The number of pyridine rings is 1. The van der Waals surface area contributed by atoms with Gasteiger partial charge in [0.25, 0.3) is 0 Å². The number of carbonyl (C=O) groups is 1. The highest BCUT2D eigenvalue weighted by atomic mass is 79.9. The van der Waals surface area contributed by atoms with Gasteiger partial charge in [-0.05, 0) is 50.6 Å². The van der Waals surface area contributed by atoms with Gasteiger partial charge in [-0.25, -0.2) is 9.97 Å². The first-order valence-corrected chi connectivity index (χ1v) is 9.18. The molecule has 4 rings (SSSR count). The summed E-state index contributed by atoms with van der Waals surface area (Å²) in [5.74, 6) is 0.0464. The van der Waals surface area contributed by atoms with Crippen molar-refractivity contribution in [3.63, 3.8) is 0 Å². The standard InChI is InChI=1S/C20H18N4OS.BrH/c1-12-7-8-24-18(9-12)21-13(2)19(24)17-11-26-20(23-17)22-16-6-4-5-15(10-16)14(3)25;/h4-11H,1-3H3,(H,22,23);1H. The number of hydrogen-bond donors (Lipinski definition) is 1. The third-order valence-electron chi connectivity index (χ3n) is 4.22. The van der Waals surface area contributed by atoms with Gasteiger partial charge in [0, 0.05) is 22.8 Å². The summed E-state index contributed by atoms with van der Waals surface area (Å²) in [4.78, 5) is 20.9. The number of nitrogens with one attached hydrogen (secondary N) is 1. The van der Waals surface area contributed by atoms with E-state index in [1.807, 2.05) is 42.8 Å². The summed E-state index contributed by atoms with van der Waals surface area (Å²) >= 11 is 1.53. The number of aromatic nitrogens is 3. The van der Waals surface area contributed by atoms with Crippen LogP contribution in [-0.2, 0) is 0 Å². The van der Waals surface area contributed by atoms with Crippen molar-refractivity contribution in [3.8, 4) is 11.4 Å². The van der Waals surface area contributed by atoms with E-state index in [4.69, 9.17) is 4.98 Å². The predicted octanol–water partition coefficient (Wildman–Crippen LogP) is 5.60. The fourth-order valence-corrected chi connectivity index (χ4v) is 3.67. The number of rotatable bonds is 4. The zero-order chi connectivity index (χ0) is 18.3. The van der Waals surface area contributed by atoms with Crippen LogP contribution < -0.4 is 5.32 Å². The number of carbonyl (C=O) groups excluding carboxylic acids is 1. The van der Waals surface area contributed by atoms with E-state index in [2.05, 4.69) is 33.8 Å². The predicted molar refractivity (Wildman–Crippen MR) is 116 cm³/mol. The lowest BCUT2D eigenvalue weighted by Crippen LogP contribution is -1.95. The fraction of sp³-hybridized carbons (Fsp3) is 0.150. The number of fused-ring (bicyclic) bond motifs is 1. The van der Waals surface area contributed by atoms with Gasteiger partial charge in [0.1, 0.15) is 11.3 Å². The lowest BCUT2D eigenvalue weighted by molar-refractivity contribution is 0.101. The molecule has 27 heavy (non-hydrogen) atoms. The number of hydrogen-bond acceptors (Lipinski definition) is 5. The Kier molecular flexibility index (Phi) is 5.43. The molecule has 0 saturated carbocycles. The molecular weight excluding hydrogens is 424 g/mol. The first-order valence-electron chi connectivity index (χ1n) is 8.30. The molecule has 0 aliphatic rings. The first kappa shape index (κ1) is 19.3. The maximum atomic E-state index is 11.5. The van der Waals surface area contributed by atoms with Gasteiger partial charge in [-0.1, -0.05) is 12.1 Å². The highest BCUT2D eigenvalue weighted by molar-refractivity contribution is 8.93. The van der Waals surface area contributed by atoms with Gasteiger partial charge >= 0.3 is 0 Å². The second-order valence-corrected chi connectivity index (χ2v) is 7.14. The number of anilines is 2. The lowest BCUT2D eigenvalue weighted by Gasteiger charge is -2.04. The van der Waals surface area contributed by atoms with Crippen LogP contribution >= 0.6 is 28.3 Å². The van der Waals surface area contributed by atoms with Crippen LogP contribution in [0.2, 0.25) is 0 Å². The van der Waals surface area contributed by atoms with Gasteiger partial charge in [-0.15, -0.1) is 28.3 Å². The maximum Gasteiger partial charge on any atom is 0.187 e. The van der Waals surface area contributed by atoms with E-state index < -0.39 is 0 Å². The average molecular weight is 443 g/mol. The number of thiazole rings is 1. The Hall–Kier alpha value is -2.51. The number of halogens is 1. The van der Waals surface area contributed by atoms with Crippen molar-refractivity contribution in [1.29, 1.82) is 0 Å². The largest absolute Gasteiger partial charge is 0.332 e. The average Bonchev–Trinajstić information content (AvgIpc) is 3.17. The van der Waals surface area contributed by atoms with Crippen LogP contribution in [0.25, 0.3) is 17.0 Å². The van der Waals surface area contributed by atoms with Gasteiger partial charge in [-0.3, -0.25) is 9.20 Å². The molecule has 7 heteroatoms. The smallest absolute Gasteiger partial charge is 0.187 e. The molecule has 0 bridgehead atoms. The molecule has 1 N–H and O–H groups in total. The second-order valence-electron chi connectivity index (χ2n) is 6.28. The van der Waals surface area contributed by atoms with E-state index in [-0.39, 0.29) is 22.8 Å². The van der Waals surface area contributed by atoms with Crippen molar-refractivity contribution < 1.29 is 4.79 Å². The van der Waals surface area contributed by atoms with Gasteiger partial charge in [0.05, 0.1) is 11.4 Å². The highest BCUT2D eigenvalue weighted by Crippen LogP contribution is 2.30. The minimum Gasteiger partial charge on any atom is -0.332 e. The Labute approximate surface area is 171 Å². The van der Waals surface area contributed by atoms with E-state index in [1.165, 1.54) is 16.9 Å². The molecule has 1 aromatic carbocycles. The molecule has 3 aromatic heterocycles. The van der Waals surface area contributed by atoms with Gasteiger partial charge in [0.15, 0.2) is 10.9 Å². The first-order chi connectivity index (χ1) is 12.5. The van der Waals surface area contributed by atoms with E-state index in [1.54, 1.807) is 6.92 Å². The van der Waals surface area contributed by atoms with Crippen molar-refractivity contribution in [1.82, 2.24) is 14.4 Å². The summed E-state index contributed by atoms with van der Waals surface area (Å²) < 4.78 is 2.07. The van der Waals surface area contributed by atoms with Crippen LogP contribution in [0.4, 0.5) is 10.8 Å². The summed E-state index contributed by atoms with van der Waals surface area (Å²) in [5, 5.41) is 6.08. The Morgan fingerprint density at radius 3 is 2.74 bits per heavy atom. The molecular formula is C20H19BrN4OS. The van der Waals surface area contributed by atoms with Crippen LogP contribution in [0.3, 0.4) is 0 Å². The van der Waals surface area contributed by atoms with Crippen LogP contribution in [0.1, 0.15) is 28.5 Å². The van der Waals surface area contributed by atoms with Gasteiger partial charge in [-0.2, -0.15) is 0 Å². The van der Waals surface area contributed by atoms with Crippen LogP contribution in [-0.4, -0.2) is 20.2 Å². The van der Waals surface area contributed by atoms with Crippen LogP contribution in [0.5, 0.6) is 0 Å². The molecule has 0 saturated heterocycles. The molecule has 0 spiro atoms. The fourth-order valence-electron chi connectivity index (χ4n) is 2.95. The van der Waals surface area contributed by atoms with Gasteiger partial charge in [0.2, 0.25) is 0 Å². The van der Waals surface area contributed by atoms with E-state index in [0.29, 0.717) is 5.56 Å². The Morgan fingerprint density at radius 1 is 1.15 bits per heavy atom. The quantitative estimate of drug-likeness (QED) is 0.417. The molecule has 0 atom stereocenters. The molecule has 0 amide bonds. The molecule has 4 aromatic rings. The Bertz CT molecular complexity index is 1130. The monoisotopic (exact) mass is 442 g/mol. The normalized spacial score (nSPS) is 10.6. The summed E-state index contributed by atoms with van der Waals surface area (Å²) in [6.45, 7) is 5.63. The third-order valence-corrected chi connectivity index (χ3v) is 4.98. The Morgan fingerprint density at radius 2 is 1.96 bits per heavy atom. The second kappa shape index (κ2) is 7.62. The number of ketones is 1. The molecule has 3 heterocycles. The van der Waals surface area contributed by atoms with Crippen LogP contribution in [0, 0.1) is 13.8 Å². The van der Waals surface area contributed by atoms with Crippen molar-refractivity contribution >= 4 is 50.6 Å². The van der Waals surface area contributed by atoms with Crippen molar-refractivity contribution in [2.75, 3.05) is 5.32 Å². The molecule has 0 radical (unpaired) electrons. The summed E-state index contributed by atoms with van der Waals surface area (Å²) in [6, 6.07) is 11.6. The number of aryl methyl sites for hydroxylation is 2. The molecule has 138 valence electrons. The zero-order valence-corrected chi connectivity index (χ0v) is 17.7. The molecule has 5 nitrogen and oxygen atoms in total. The van der Waals surface area contributed by atoms with Crippen molar-refractivity contribution in [2.24, 2.45) is 0 Å². The number of nitrogens with zero attached hydrogens (tertiary/aromatic N) is 3. The lowest BCUT2D eigenvalue weighted by atomic mass is 10.1. The Balaban J connectivity index is 0.00000210. The highest BCUT2D eigenvalue weighted by Gasteiger charge is 2.14. The summed E-state index contributed by atoms with van der Waals surface area (Å²) in [7, 11) is 0. The maximum absolute atomic E-state index is 11.5. The van der Waals surface area contributed by atoms with E-state index >= 15 is 0 Å². The molecule has 0 aliphatic carbocycles. The molecule has 0 fully saturated rings. The van der Waals surface area contributed by atoms with Crippen molar-refractivity contribution in [3.05, 3.63) is 64.8 Å². The summed E-state index contributed by atoms with van der Waals surface area (Å²) in [6.07, 6.45) is 2.03. The zero-order valence-electron chi connectivity index (χ0n) is 15.2. The minimum atomic E-state index is 0. The number of benzene rings is 1. The molecule has 0 unspecified atom stereocenters. The third kappa shape index (κ3) is 3.79. The molecule has 0 aliphatic heterocycles. The van der Waals surface area contributed by atoms with E-state index in [0.717, 1.165) is 33.5 Å². The number of Topliss-reactive ketones (excluding diaryl/α,β-unsaturated/α-hetero) is 1. The van der Waals surface area contributed by atoms with E-state index in [9.17, 15) is 4.79 Å². The van der Waals surface area contributed by atoms with Gasteiger partial charge < -0.3 is 5.32 Å².